The quantitative estimate of drug-likeness (QED) is 0.116. The van der Waals surface area contributed by atoms with Crippen LogP contribution in [-0.2, 0) is 15.6 Å². The standard InChI is InChI=1S/C42H44N4OS.HI/c1-7-45-36-15-11-9-13-34(36)41(3,4)38(45)23-17-29-25-30(18-24-39-42(5,6)35-14-10-12-16-37(35)46(39)8-2)27-31(26-29)40(47)44-33-21-19-32(20-22-33)43-28-48;/h9-25,31H,7-8,26-27H2,1-6H3;1H. The van der Waals surface area contributed by atoms with Gasteiger partial charge in [-0.25, -0.2) is 0 Å². The van der Waals surface area contributed by atoms with Crippen molar-refractivity contribution in [1.82, 2.24) is 0 Å². The first-order valence-electron chi connectivity index (χ1n) is 17.0. The van der Waals surface area contributed by atoms with E-state index in [4.69, 9.17) is 12.2 Å². The third kappa shape index (κ3) is 7.07. The lowest BCUT2D eigenvalue weighted by Crippen LogP contribution is -3.00. The second-order valence-corrected chi connectivity index (χ2v) is 14.0. The van der Waals surface area contributed by atoms with Gasteiger partial charge in [0.2, 0.25) is 11.6 Å². The number of anilines is 2. The summed E-state index contributed by atoms with van der Waals surface area (Å²) in [6, 6.07) is 24.8. The first-order chi connectivity index (χ1) is 23.1. The molecule has 0 spiro atoms. The Morgan fingerprint density at radius 2 is 1.63 bits per heavy atom. The van der Waals surface area contributed by atoms with E-state index in [1.807, 2.05) is 24.3 Å². The van der Waals surface area contributed by atoms with Gasteiger partial charge in [0.05, 0.1) is 16.3 Å². The second kappa shape index (κ2) is 14.9. The second-order valence-electron chi connectivity index (χ2n) is 13.8. The van der Waals surface area contributed by atoms with E-state index in [-0.39, 0.29) is 46.6 Å². The van der Waals surface area contributed by atoms with Crippen molar-refractivity contribution in [3.05, 3.63) is 131 Å². The Bertz CT molecular complexity index is 1960. The highest BCUT2D eigenvalue weighted by atomic mass is 127. The smallest absolute Gasteiger partial charge is 0.228 e. The van der Waals surface area contributed by atoms with Crippen LogP contribution in [0.2, 0.25) is 0 Å². The maximum Gasteiger partial charge on any atom is 0.228 e. The minimum absolute atomic E-state index is 0. The van der Waals surface area contributed by atoms with Gasteiger partial charge in [0.25, 0.3) is 0 Å². The van der Waals surface area contributed by atoms with Crippen LogP contribution in [0.3, 0.4) is 0 Å². The monoisotopic (exact) mass is 780 g/mol. The lowest BCUT2D eigenvalue weighted by molar-refractivity contribution is -0.433. The van der Waals surface area contributed by atoms with E-state index in [1.165, 1.54) is 33.9 Å². The molecule has 0 saturated carbocycles. The van der Waals surface area contributed by atoms with Gasteiger partial charge in [0.15, 0.2) is 5.71 Å². The number of thiocarbonyl (C=S) groups is 1. The van der Waals surface area contributed by atoms with Crippen molar-refractivity contribution < 1.29 is 33.3 Å². The van der Waals surface area contributed by atoms with Gasteiger partial charge < -0.3 is 34.2 Å². The molecule has 0 bridgehead atoms. The molecule has 2 heterocycles. The zero-order valence-corrected chi connectivity index (χ0v) is 32.2. The molecule has 49 heavy (non-hydrogen) atoms. The molecule has 1 aliphatic carbocycles. The van der Waals surface area contributed by atoms with Crippen molar-refractivity contribution in [1.29, 1.82) is 0 Å². The Balaban J connectivity index is 0.00000468. The fourth-order valence-corrected chi connectivity index (χ4v) is 7.77. The molecule has 7 heteroatoms. The maximum atomic E-state index is 13.8. The third-order valence-electron chi connectivity index (χ3n) is 10.2. The van der Waals surface area contributed by atoms with E-state index < -0.39 is 0 Å². The number of carbonyl (C=O) groups excluding carboxylic acids is 1. The molecule has 2 aliphatic heterocycles. The number of carbonyl (C=O) groups is 1. The largest absolute Gasteiger partial charge is 1.00 e. The summed E-state index contributed by atoms with van der Waals surface area (Å²) >= 11 is 4.73. The summed E-state index contributed by atoms with van der Waals surface area (Å²) in [5, 5.41) is 5.55. The summed E-state index contributed by atoms with van der Waals surface area (Å²) in [5.41, 5.74) is 11.3. The van der Waals surface area contributed by atoms with Crippen molar-refractivity contribution in [3.8, 4) is 0 Å². The van der Waals surface area contributed by atoms with Crippen LogP contribution in [0.15, 0.2) is 125 Å². The van der Waals surface area contributed by atoms with Crippen molar-refractivity contribution >= 4 is 51.7 Å². The summed E-state index contributed by atoms with van der Waals surface area (Å²) < 4.78 is 2.41. The molecule has 5 nitrogen and oxygen atoms in total. The van der Waals surface area contributed by atoms with Gasteiger partial charge in [0.1, 0.15) is 6.54 Å². The molecule has 1 N–H and O–H groups in total. The van der Waals surface area contributed by atoms with E-state index in [0.29, 0.717) is 18.5 Å². The Morgan fingerprint density at radius 3 is 2.33 bits per heavy atom. The minimum atomic E-state index is -0.213. The molecule has 3 aromatic carbocycles. The van der Waals surface area contributed by atoms with Crippen LogP contribution in [0.1, 0.15) is 65.5 Å². The predicted molar refractivity (Wildman–Crippen MR) is 203 cm³/mol. The molecule has 0 radical (unpaired) electrons. The minimum Gasteiger partial charge on any atom is -1.00 e. The third-order valence-corrected chi connectivity index (χ3v) is 10.2. The number of hydrogen-bond acceptors (Lipinski definition) is 4. The molecule has 0 fully saturated rings. The summed E-state index contributed by atoms with van der Waals surface area (Å²) in [7, 11) is 0. The topological polar surface area (TPSA) is 47.7 Å². The van der Waals surface area contributed by atoms with Gasteiger partial charge in [-0.1, -0.05) is 68.5 Å². The van der Waals surface area contributed by atoms with Crippen LogP contribution in [-0.4, -0.2) is 34.4 Å². The number of halogens is 1. The van der Waals surface area contributed by atoms with Crippen molar-refractivity contribution in [3.63, 3.8) is 0 Å². The average Bonchev–Trinajstić information content (AvgIpc) is 3.45. The molecule has 3 aromatic rings. The zero-order valence-electron chi connectivity index (χ0n) is 29.3. The van der Waals surface area contributed by atoms with Crippen LogP contribution in [0, 0.1) is 5.92 Å². The fourth-order valence-electron chi connectivity index (χ4n) is 7.67. The summed E-state index contributed by atoms with van der Waals surface area (Å²) in [6.45, 7) is 15.4. The highest BCUT2D eigenvalue weighted by Crippen LogP contribution is 2.47. The van der Waals surface area contributed by atoms with Gasteiger partial charge in [0, 0.05) is 52.7 Å². The van der Waals surface area contributed by atoms with E-state index in [9.17, 15) is 4.79 Å². The number of rotatable bonds is 8. The Labute approximate surface area is 314 Å². The van der Waals surface area contributed by atoms with Gasteiger partial charge >= 0.3 is 0 Å². The van der Waals surface area contributed by atoms with Crippen LogP contribution in [0.25, 0.3) is 0 Å². The Kier molecular flexibility index (Phi) is 11.1. The number of nitrogens with one attached hydrogen (secondary N) is 1. The normalized spacial score (nSPS) is 20.5. The summed E-state index contributed by atoms with van der Waals surface area (Å²) in [6.07, 6.45) is 12.6. The van der Waals surface area contributed by atoms with Gasteiger partial charge in [-0.3, -0.25) is 4.79 Å². The molecule has 0 saturated heterocycles. The van der Waals surface area contributed by atoms with Crippen LogP contribution in [0.4, 0.5) is 22.7 Å². The number of para-hydroxylation sites is 2. The van der Waals surface area contributed by atoms with E-state index in [0.717, 1.165) is 29.9 Å². The number of nitrogens with zero attached hydrogens (tertiary/aromatic N) is 3. The fraction of sp³-hybridized carbons (Fsp3) is 0.310. The first-order valence-corrected chi connectivity index (χ1v) is 17.4. The molecule has 252 valence electrons. The van der Waals surface area contributed by atoms with E-state index in [2.05, 4.69) is 145 Å². The zero-order chi connectivity index (χ0) is 34.1. The highest BCUT2D eigenvalue weighted by molar-refractivity contribution is 7.78. The number of benzene rings is 3. The van der Waals surface area contributed by atoms with Gasteiger partial charge in [-0.15, -0.1) is 0 Å². The van der Waals surface area contributed by atoms with Crippen molar-refractivity contribution in [2.24, 2.45) is 10.9 Å². The molecule has 6 rings (SSSR count). The van der Waals surface area contributed by atoms with Crippen molar-refractivity contribution in [2.45, 2.75) is 65.2 Å². The molecule has 1 atom stereocenters. The van der Waals surface area contributed by atoms with Gasteiger partial charge in [-0.05, 0) is 106 Å². The Hall–Kier alpha value is -3.91. The summed E-state index contributed by atoms with van der Waals surface area (Å²) in [4.78, 5) is 20.3. The number of isothiocyanates is 1. The predicted octanol–water partition coefficient (Wildman–Crippen LogP) is 6.98. The molecule has 1 amide bonds. The van der Waals surface area contributed by atoms with Crippen LogP contribution >= 0.6 is 12.2 Å². The van der Waals surface area contributed by atoms with Crippen LogP contribution < -0.4 is 34.2 Å². The number of allylic oxidation sites excluding steroid dienone is 8. The molecule has 1 unspecified atom stereocenters. The van der Waals surface area contributed by atoms with E-state index in [1.54, 1.807) is 0 Å². The SMILES string of the molecule is CCN1/C(=C/C=C2C=C(/C=C/C3=[N+](CC)c4ccccc4C3(C)C)CC(C(=O)Nc3ccc(N=C=S)cc3)C/2)C(C)(C)c2ccccc21.[I-]. The molecule has 0 aromatic heterocycles. The lowest BCUT2D eigenvalue weighted by atomic mass is 9.80. The van der Waals surface area contributed by atoms with E-state index >= 15 is 0 Å². The van der Waals surface area contributed by atoms with Crippen LogP contribution in [0.5, 0.6) is 0 Å². The Morgan fingerprint density at radius 1 is 0.939 bits per heavy atom. The molecular weight excluding hydrogens is 735 g/mol. The molecular formula is C42H45IN4OS. The number of fused-ring (bicyclic) bond motifs is 2. The highest BCUT2D eigenvalue weighted by Gasteiger charge is 2.43. The summed E-state index contributed by atoms with van der Waals surface area (Å²) in [5.74, 6) is -0.200. The first kappa shape index (κ1) is 36.4. The maximum absolute atomic E-state index is 13.8. The molecule has 3 aliphatic rings. The number of hydrogen-bond donors (Lipinski definition) is 1. The van der Waals surface area contributed by atoms with Crippen molar-refractivity contribution in [2.75, 3.05) is 23.3 Å². The number of amides is 1. The van der Waals surface area contributed by atoms with Gasteiger partial charge in [-0.2, -0.15) is 9.57 Å². The average molecular weight is 781 g/mol. The number of aliphatic imine (C=N–C) groups is 1. The lowest BCUT2D eigenvalue weighted by Gasteiger charge is -2.26. The number of likely N-dealkylation sites (N-methyl/N-ethyl adjacent to an activating group) is 1.